The maximum Gasteiger partial charge on any atom is 0.586 e. The third kappa shape index (κ3) is 1.60. The van der Waals surface area contributed by atoms with Crippen LogP contribution in [0.25, 0.3) is 0 Å². The number of halogens is 2. The number of hydrogen-bond acceptors (Lipinski definition) is 3. The number of hydrogen-bond donors (Lipinski definition) is 1. The Labute approximate surface area is 114 Å². The number of ether oxygens (including phenoxy) is 2. The summed E-state index contributed by atoms with van der Waals surface area (Å²) in [6, 6.07) is 4.08. The van der Waals surface area contributed by atoms with Gasteiger partial charge in [0.1, 0.15) is 0 Å². The Balaban J connectivity index is 1.51. The van der Waals surface area contributed by atoms with Crippen LogP contribution in [0, 0.1) is 5.41 Å². The summed E-state index contributed by atoms with van der Waals surface area (Å²) in [6.45, 7) is 2.20. The predicted molar refractivity (Wildman–Crippen MR) is 64.8 cm³/mol. The molecular formula is C14H13F2NO3. The van der Waals surface area contributed by atoms with Gasteiger partial charge in [0.25, 0.3) is 5.91 Å². The van der Waals surface area contributed by atoms with E-state index in [9.17, 15) is 13.6 Å². The number of benzene rings is 1. The number of alkyl halides is 2. The number of fused-ring (bicyclic) bond motifs is 1. The summed E-state index contributed by atoms with van der Waals surface area (Å²) >= 11 is 0. The summed E-state index contributed by atoms with van der Waals surface area (Å²) in [5, 5.41) is 2.99. The highest BCUT2D eigenvalue weighted by molar-refractivity contribution is 5.95. The molecule has 1 amide bonds. The largest absolute Gasteiger partial charge is 0.586 e. The van der Waals surface area contributed by atoms with Crippen LogP contribution in [-0.2, 0) is 0 Å². The van der Waals surface area contributed by atoms with E-state index in [4.69, 9.17) is 0 Å². The van der Waals surface area contributed by atoms with Gasteiger partial charge in [-0.15, -0.1) is 8.78 Å². The molecule has 0 aromatic heterocycles. The second-order valence-electron chi connectivity index (χ2n) is 6.40. The molecule has 5 rings (SSSR count). The third-order valence-electron chi connectivity index (χ3n) is 4.34. The van der Waals surface area contributed by atoms with E-state index in [-0.39, 0.29) is 22.9 Å². The molecule has 1 N–H and O–H groups in total. The van der Waals surface area contributed by atoms with Crippen molar-refractivity contribution in [1.29, 1.82) is 0 Å². The number of rotatable bonds is 2. The Morgan fingerprint density at radius 3 is 2.50 bits per heavy atom. The molecule has 4 aliphatic rings. The normalized spacial score (nSPS) is 35.0. The average molecular weight is 281 g/mol. The number of carbonyl (C=O) groups excluding carboxylic acids is 1. The number of amides is 1. The van der Waals surface area contributed by atoms with E-state index in [1.165, 1.54) is 18.2 Å². The number of nitrogens with one attached hydrogen (secondary N) is 1. The lowest BCUT2D eigenvalue weighted by Gasteiger charge is -2.69. The van der Waals surface area contributed by atoms with Crippen molar-refractivity contribution in [3.8, 4) is 11.5 Å². The van der Waals surface area contributed by atoms with Gasteiger partial charge in [0, 0.05) is 11.1 Å². The van der Waals surface area contributed by atoms with E-state index in [1.54, 1.807) is 0 Å². The quantitative estimate of drug-likeness (QED) is 0.906. The molecule has 6 heteroatoms. The van der Waals surface area contributed by atoms with Crippen LogP contribution in [0.2, 0.25) is 0 Å². The Bertz CT molecular complexity index is 609. The lowest BCUT2D eigenvalue weighted by molar-refractivity contribution is -0.286. The van der Waals surface area contributed by atoms with Gasteiger partial charge in [-0.25, -0.2) is 0 Å². The van der Waals surface area contributed by atoms with Crippen molar-refractivity contribution < 1.29 is 23.0 Å². The van der Waals surface area contributed by atoms with Crippen LogP contribution in [0.1, 0.15) is 36.5 Å². The van der Waals surface area contributed by atoms with Crippen molar-refractivity contribution in [2.75, 3.05) is 0 Å². The van der Waals surface area contributed by atoms with Crippen molar-refractivity contribution in [2.24, 2.45) is 5.41 Å². The fourth-order valence-electron chi connectivity index (χ4n) is 3.83. The van der Waals surface area contributed by atoms with E-state index in [1.807, 2.05) is 0 Å². The molecule has 0 unspecified atom stereocenters. The molecule has 3 saturated carbocycles. The molecule has 1 aromatic rings. The highest BCUT2D eigenvalue weighted by atomic mass is 19.3. The molecule has 3 aliphatic carbocycles. The Morgan fingerprint density at radius 2 is 1.85 bits per heavy atom. The maximum absolute atomic E-state index is 12.9. The fourth-order valence-corrected chi connectivity index (χ4v) is 3.83. The van der Waals surface area contributed by atoms with Crippen LogP contribution in [0.4, 0.5) is 8.78 Å². The standard InChI is InChI=1S/C14H13F2NO3/c1-12-5-13(6-12,7-12)17-11(18)8-2-3-9-10(4-8)20-14(15,16)19-9/h2-4H,5-7H2,1H3,(H,17,18). The second-order valence-corrected chi connectivity index (χ2v) is 6.40. The first-order valence-corrected chi connectivity index (χ1v) is 6.51. The van der Waals surface area contributed by atoms with Crippen molar-refractivity contribution in [3.63, 3.8) is 0 Å². The summed E-state index contributed by atoms with van der Waals surface area (Å²) in [5.74, 6) is -0.412. The Hall–Kier alpha value is -1.85. The van der Waals surface area contributed by atoms with Gasteiger partial charge < -0.3 is 14.8 Å². The minimum atomic E-state index is -3.65. The zero-order valence-electron chi connectivity index (χ0n) is 10.8. The van der Waals surface area contributed by atoms with Crippen LogP contribution in [0.5, 0.6) is 11.5 Å². The van der Waals surface area contributed by atoms with Gasteiger partial charge in [0.2, 0.25) is 0 Å². The van der Waals surface area contributed by atoms with Crippen LogP contribution in [0.3, 0.4) is 0 Å². The van der Waals surface area contributed by atoms with Crippen LogP contribution < -0.4 is 14.8 Å². The Morgan fingerprint density at radius 1 is 1.20 bits per heavy atom. The van der Waals surface area contributed by atoms with Gasteiger partial charge in [0.05, 0.1) is 0 Å². The van der Waals surface area contributed by atoms with E-state index in [0.29, 0.717) is 11.0 Å². The highest BCUT2D eigenvalue weighted by Gasteiger charge is 2.65. The van der Waals surface area contributed by atoms with E-state index in [0.717, 1.165) is 19.3 Å². The van der Waals surface area contributed by atoms with E-state index < -0.39 is 6.29 Å². The van der Waals surface area contributed by atoms with Crippen molar-refractivity contribution >= 4 is 5.91 Å². The molecule has 4 nitrogen and oxygen atoms in total. The molecule has 2 bridgehead atoms. The van der Waals surface area contributed by atoms with Gasteiger partial charge in [-0.3, -0.25) is 4.79 Å². The number of carbonyl (C=O) groups is 1. The minimum Gasteiger partial charge on any atom is -0.395 e. The summed E-state index contributed by atoms with van der Waals surface area (Å²) in [7, 11) is 0. The van der Waals surface area contributed by atoms with Crippen molar-refractivity contribution in [3.05, 3.63) is 23.8 Å². The first-order chi connectivity index (χ1) is 9.28. The van der Waals surface area contributed by atoms with Gasteiger partial charge in [-0.1, -0.05) is 6.92 Å². The zero-order valence-corrected chi connectivity index (χ0v) is 10.8. The van der Waals surface area contributed by atoms with Crippen molar-refractivity contribution in [1.82, 2.24) is 5.32 Å². The molecule has 0 atom stereocenters. The molecule has 106 valence electrons. The van der Waals surface area contributed by atoms with Gasteiger partial charge in [-0.05, 0) is 42.9 Å². The topological polar surface area (TPSA) is 47.6 Å². The first-order valence-electron chi connectivity index (χ1n) is 6.51. The predicted octanol–water partition coefficient (Wildman–Crippen LogP) is 2.68. The van der Waals surface area contributed by atoms with Crippen molar-refractivity contribution in [2.45, 2.75) is 38.0 Å². The molecule has 1 aliphatic heterocycles. The molecular weight excluding hydrogens is 268 g/mol. The molecule has 20 heavy (non-hydrogen) atoms. The average Bonchev–Trinajstić information content (AvgIpc) is 2.57. The minimum absolute atomic E-state index is 0.0513. The molecule has 0 saturated heterocycles. The lowest BCUT2D eigenvalue weighted by Crippen LogP contribution is -2.73. The summed E-state index contributed by atoms with van der Waals surface area (Å²) in [6.07, 6.45) is -0.670. The van der Waals surface area contributed by atoms with Gasteiger partial charge in [-0.2, -0.15) is 0 Å². The maximum atomic E-state index is 12.9. The Kier molecular flexibility index (Phi) is 1.93. The highest BCUT2D eigenvalue weighted by Crippen LogP contribution is 2.66. The van der Waals surface area contributed by atoms with E-state index >= 15 is 0 Å². The summed E-state index contributed by atoms with van der Waals surface area (Å²) < 4.78 is 34.5. The lowest BCUT2D eigenvalue weighted by atomic mass is 9.40. The molecule has 0 radical (unpaired) electrons. The van der Waals surface area contributed by atoms with Crippen LogP contribution in [-0.4, -0.2) is 17.7 Å². The molecule has 3 fully saturated rings. The SMILES string of the molecule is CC12CC(NC(=O)c3ccc4c(c3)OC(F)(F)O4)(C1)C2. The monoisotopic (exact) mass is 281 g/mol. The molecule has 0 spiro atoms. The van der Waals surface area contributed by atoms with Crippen LogP contribution >= 0.6 is 0 Å². The molecule has 1 heterocycles. The van der Waals surface area contributed by atoms with Gasteiger partial charge >= 0.3 is 6.29 Å². The van der Waals surface area contributed by atoms with E-state index in [2.05, 4.69) is 21.7 Å². The second kappa shape index (κ2) is 3.24. The summed E-state index contributed by atoms with van der Waals surface area (Å²) in [4.78, 5) is 12.1. The smallest absolute Gasteiger partial charge is 0.395 e. The fraction of sp³-hybridized carbons (Fsp3) is 0.500. The molecule has 1 aromatic carbocycles. The zero-order chi connectivity index (χ0) is 14.2. The van der Waals surface area contributed by atoms with Crippen LogP contribution in [0.15, 0.2) is 18.2 Å². The summed E-state index contributed by atoms with van der Waals surface area (Å²) in [5.41, 5.74) is 0.621. The first kappa shape index (κ1) is 11.9. The third-order valence-corrected chi connectivity index (χ3v) is 4.34. The van der Waals surface area contributed by atoms with Gasteiger partial charge in [0.15, 0.2) is 11.5 Å².